The first-order valence-corrected chi connectivity index (χ1v) is 6.83. The van der Waals surface area contributed by atoms with Gasteiger partial charge >= 0.3 is 5.51 Å². The minimum absolute atomic E-state index is 0.00114. The molecule has 0 amide bonds. The average molecular weight is 328 g/mol. The molecule has 0 unspecified atom stereocenters. The summed E-state index contributed by atoms with van der Waals surface area (Å²) in [6.07, 6.45) is 0. The summed E-state index contributed by atoms with van der Waals surface area (Å²) in [4.78, 5) is 0. The van der Waals surface area contributed by atoms with E-state index in [1.54, 1.807) is 0 Å². The zero-order valence-electron chi connectivity index (χ0n) is 9.27. The molecule has 17 heavy (non-hydrogen) atoms. The van der Waals surface area contributed by atoms with E-state index in [4.69, 9.17) is 0 Å². The number of alkyl halides is 3. The van der Waals surface area contributed by atoms with Crippen LogP contribution in [0.2, 0.25) is 0 Å². The Morgan fingerprint density at radius 1 is 1.35 bits per heavy atom. The third-order valence-electron chi connectivity index (χ3n) is 2.07. The molecule has 0 saturated heterocycles. The normalized spacial score (nSPS) is 11.8. The number of rotatable bonds is 5. The van der Waals surface area contributed by atoms with Crippen LogP contribution in [0.25, 0.3) is 0 Å². The van der Waals surface area contributed by atoms with Crippen molar-refractivity contribution < 1.29 is 13.2 Å². The fourth-order valence-electron chi connectivity index (χ4n) is 1.26. The number of aryl methyl sites for hydroxylation is 1. The molecule has 0 saturated carbocycles. The molecular weight excluding hydrogens is 315 g/mol. The van der Waals surface area contributed by atoms with Crippen molar-refractivity contribution in [1.82, 2.24) is 5.32 Å². The summed E-state index contributed by atoms with van der Waals surface area (Å²) in [7, 11) is 0. The lowest BCUT2D eigenvalue weighted by atomic mass is 10.1. The molecule has 0 radical (unpaired) electrons. The second-order valence-corrected chi connectivity index (χ2v) is 5.58. The van der Waals surface area contributed by atoms with Gasteiger partial charge in [0.1, 0.15) is 0 Å². The third kappa shape index (κ3) is 6.33. The maximum atomic E-state index is 11.8. The van der Waals surface area contributed by atoms with E-state index in [2.05, 4.69) is 21.2 Å². The summed E-state index contributed by atoms with van der Waals surface area (Å²) in [6, 6.07) is 5.93. The summed E-state index contributed by atoms with van der Waals surface area (Å²) < 4.78 is 36.5. The maximum absolute atomic E-state index is 11.8. The topological polar surface area (TPSA) is 12.0 Å². The first-order valence-electron chi connectivity index (χ1n) is 5.05. The van der Waals surface area contributed by atoms with Crippen LogP contribution >= 0.6 is 27.7 Å². The van der Waals surface area contributed by atoms with Crippen molar-refractivity contribution in [2.75, 3.05) is 12.3 Å². The maximum Gasteiger partial charge on any atom is 0.441 e. The van der Waals surface area contributed by atoms with Crippen molar-refractivity contribution in [2.45, 2.75) is 19.0 Å². The Morgan fingerprint density at radius 3 is 2.65 bits per heavy atom. The second-order valence-electron chi connectivity index (χ2n) is 3.57. The van der Waals surface area contributed by atoms with Gasteiger partial charge in [-0.2, -0.15) is 13.2 Å². The summed E-state index contributed by atoms with van der Waals surface area (Å²) in [5.41, 5.74) is -1.94. The standard InChI is InChI=1S/C11H13BrF3NS/c1-8-2-3-9(10(12)6-8)7-16-4-5-17-11(13,14)15/h2-3,6,16H,4-5,7H2,1H3. The number of benzene rings is 1. The van der Waals surface area contributed by atoms with Gasteiger partial charge in [-0.25, -0.2) is 0 Å². The highest BCUT2D eigenvalue weighted by atomic mass is 79.9. The van der Waals surface area contributed by atoms with Crippen molar-refractivity contribution in [3.63, 3.8) is 0 Å². The molecule has 0 spiro atoms. The SMILES string of the molecule is Cc1ccc(CNCCSC(F)(F)F)c(Br)c1. The molecule has 0 fully saturated rings. The van der Waals surface area contributed by atoms with Gasteiger partial charge in [-0.3, -0.25) is 0 Å². The fourth-order valence-corrected chi connectivity index (χ4v) is 2.37. The monoisotopic (exact) mass is 327 g/mol. The molecular formula is C11H13BrF3NS. The lowest BCUT2D eigenvalue weighted by Gasteiger charge is -2.08. The van der Waals surface area contributed by atoms with E-state index in [1.165, 1.54) is 0 Å². The summed E-state index contributed by atoms with van der Waals surface area (Å²) >= 11 is 3.42. The number of halogens is 4. The van der Waals surface area contributed by atoms with Gasteiger partial charge in [-0.1, -0.05) is 28.1 Å². The number of nitrogens with one attached hydrogen (secondary N) is 1. The lowest BCUT2D eigenvalue weighted by molar-refractivity contribution is -0.0327. The van der Waals surface area contributed by atoms with Gasteiger partial charge in [0.15, 0.2) is 0 Å². The van der Waals surface area contributed by atoms with Gasteiger partial charge in [0.2, 0.25) is 0 Å². The predicted octanol–water partition coefficient (Wildman–Crippen LogP) is 4.10. The molecule has 1 nitrogen and oxygen atoms in total. The Labute approximate surface area is 111 Å². The molecule has 6 heteroatoms. The minimum Gasteiger partial charge on any atom is -0.312 e. The van der Waals surface area contributed by atoms with Crippen LogP contribution < -0.4 is 5.32 Å². The van der Waals surface area contributed by atoms with Gasteiger partial charge in [0.05, 0.1) is 0 Å². The van der Waals surface area contributed by atoms with E-state index in [-0.39, 0.29) is 17.5 Å². The molecule has 0 atom stereocenters. The second kappa shape index (κ2) is 6.66. The molecule has 1 rings (SSSR count). The highest BCUT2D eigenvalue weighted by molar-refractivity contribution is 9.10. The Bertz CT molecular complexity index is 368. The van der Waals surface area contributed by atoms with Crippen LogP contribution in [-0.2, 0) is 6.54 Å². The van der Waals surface area contributed by atoms with E-state index in [9.17, 15) is 13.2 Å². The van der Waals surface area contributed by atoms with Gasteiger partial charge in [-0.15, -0.1) is 0 Å². The fraction of sp³-hybridized carbons (Fsp3) is 0.455. The van der Waals surface area contributed by atoms with Crippen LogP contribution in [0.1, 0.15) is 11.1 Å². The first kappa shape index (κ1) is 14.9. The molecule has 0 aromatic heterocycles. The predicted molar refractivity (Wildman–Crippen MR) is 69.1 cm³/mol. The first-order chi connectivity index (χ1) is 7.88. The molecule has 0 aliphatic rings. The van der Waals surface area contributed by atoms with Crippen molar-refractivity contribution in [3.8, 4) is 0 Å². The van der Waals surface area contributed by atoms with Crippen LogP contribution in [0.5, 0.6) is 0 Å². The van der Waals surface area contributed by atoms with Gasteiger partial charge in [-0.05, 0) is 35.9 Å². The molecule has 1 aromatic carbocycles. The van der Waals surface area contributed by atoms with E-state index >= 15 is 0 Å². The Kier molecular flexibility index (Phi) is 5.82. The summed E-state index contributed by atoms with van der Waals surface area (Å²) in [5, 5.41) is 2.98. The summed E-state index contributed by atoms with van der Waals surface area (Å²) in [5.74, 6) is 0.0347. The Hall–Kier alpha value is -0.200. The molecule has 0 aliphatic carbocycles. The van der Waals surface area contributed by atoms with Crippen LogP contribution in [0.15, 0.2) is 22.7 Å². The van der Waals surface area contributed by atoms with Gasteiger partial charge in [0.25, 0.3) is 0 Å². The quantitative estimate of drug-likeness (QED) is 0.817. The molecule has 1 aromatic rings. The smallest absolute Gasteiger partial charge is 0.312 e. The zero-order chi connectivity index (χ0) is 12.9. The summed E-state index contributed by atoms with van der Waals surface area (Å²) in [6.45, 7) is 2.89. The van der Waals surface area contributed by atoms with Gasteiger partial charge in [0, 0.05) is 23.3 Å². The number of hydrogen-bond acceptors (Lipinski definition) is 2. The molecule has 1 N–H and O–H groups in total. The number of thioether (sulfide) groups is 1. The average Bonchev–Trinajstić information content (AvgIpc) is 2.18. The zero-order valence-corrected chi connectivity index (χ0v) is 11.7. The van der Waals surface area contributed by atoms with Crippen molar-refractivity contribution in [2.24, 2.45) is 0 Å². The van der Waals surface area contributed by atoms with E-state index in [1.807, 2.05) is 25.1 Å². The van der Waals surface area contributed by atoms with E-state index < -0.39 is 5.51 Å². The highest BCUT2D eigenvalue weighted by Crippen LogP contribution is 2.29. The molecule has 96 valence electrons. The van der Waals surface area contributed by atoms with E-state index in [0.717, 1.165) is 15.6 Å². The van der Waals surface area contributed by atoms with Gasteiger partial charge < -0.3 is 5.32 Å². The Morgan fingerprint density at radius 2 is 2.06 bits per heavy atom. The van der Waals surface area contributed by atoms with Crippen LogP contribution in [0, 0.1) is 6.92 Å². The van der Waals surface area contributed by atoms with Crippen LogP contribution in [-0.4, -0.2) is 17.8 Å². The third-order valence-corrected chi connectivity index (χ3v) is 3.54. The van der Waals surface area contributed by atoms with Crippen molar-refractivity contribution >= 4 is 27.7 Å². The number of hydrogen-bond donors (Lipinski definition) is 1. The highest BCUT2D eigenvalue weighted by Gasteiger charge is 2.27. The molecule has 0 bridgehead atoms. The molecule has 0 heterocycles. The minimum atomic E-state index is -4.13. The molecule has 0 aliphatic heterocycles. The van der Waals surface area contributed by atoms with Crippen molar-refractivity contribution in [3.05, 3.63) is 33.8 Å². The van der Waals surface area contributed by atoms with E-state index in [0.29, 0.717) is 13.1 Å². The largest absolute Gasteiger partial charge is 0.441 e. The van der Waals surface area contributed by atoms with Crippen molar-refractivity contribution in [1.29, 1.82) is 0 Å². The van der Waals surface area contributed by atoms with Crippen LogP contribution in [0.4, 0.5) is 13.2 Å². The van der Waals surface area contributed by atoms with Crippen LogP contribution in [0.3, 0.4) is 0 Å². The Balaban J connectivity index is 2.27. The lowest BCUT2D eigenvalue weighted by Crippen LogP contribution is -2.18.